The van der Waals surface area contributed by atoms with Gasteiger partial charge in [0.25, 0.3) is 5.91 Å². The fourth-order valence-corrected chi connectivity index (χ4v) is 3.48. The molecule has 0 fully saturated rings. The third-order valence-corrected chi connectivity index (χ3v) is 4.70. The number of imide groups is 1. The molecule has 5 nitrogen and oxygen atoms in total. The van der Waals surface area contributed by atoms with Crippen molar-refractivity contribution in [2.24, 2.45) is 0 Å². The third kappa shape index (κ3) is 4.18. The number of carbonyl (C=O) groups excluding carboxylic acids is 2. The monoisotopic (exact) mass is 435 g/mol. The van der Waals surface area contributed by atoms with Crippen LogP contribution < -0.4 is 4.90 Å². The van der Waals surface area contributed by atoms with E-state index in [1.54, 1.807) is 12.1 Å². The summed E-state index contributed by atoms with van der Waals surface area (Å²) in [6.07, 6.45) is -4.12. The van der Waals surface area contributed by atoms with Crippen molar-refractivity contribution in [2.45, 2.75) is 11.5 Å². The summed E-state index contributed by atoms with van der Waals surface area (Å²) in [6.45, 7) is 0. The molecule has 0 N–H and O–H groups in total. The summed E-state index contributed by atoms with van der Waals surface area (Å²) in [4.78, 5) is 25.0. The molecule has 0 bridgehead atoms. The number of benzene rings is 1. The molecule has 0 atom stereocenters. The number of hydrogen-bond acceptors (Lipinski definition) is 5. The molecule has 0 aliphatic rings. The van der Waals surface area contributed by atoms with Crippen LogP contribution in [0.15, 0.2) is 30.0 Å². The van der Waals surface area contributed by atoms with E-state index in [4.69, 9.17) is 0 Å². The van der Waals surface area contributed by atoms with Gasteiger partial charge in [0, 0.05) is 30.9 Å². The maximum atomic E-state index is 13.0. The quantitative estimate of drug-likeness (QED) is 0.408. The number of alkyl halides is 4. The summed E-state index contributed by atoms with van der Waals surface area (Å²) in [6, 6.07) is 4.71. The maximum absolute atomic E-state index is 13.0. The van der Waals surface area contributed by atoms with Gasteiger partial charge in [0.1, 0.15) is 5.70 Å². The molecule has 1 aromatic heterocycles. The van der Waals surface area contributed by atoms with E-state index in [1.807, 2.05) is 0 Å². The van der Waals surface area contributed by atoms with E-state index < -0.39 is 17.8 Å². The summed E-state index contributed by atoms with van der Waals surface area (Å²) in [5.41, 5.74) is -0.254. The number of carbonyl (C=O) groups is 2. The third-order valence-electron chi connectivity index (χ3n) is 3.31. The second-order valence-electron chi connectivity index (χ2n) is 5.18. The molecule has 0 aliphatic carbocycles. The Hall–Kier alpha value is -1.94. The molecule has 0 radical (unpaired) electrons. The van der Waals surface area contributed by atoms with E-state index in [9.17, 15) is 22.8 Å². The Labute approximate surface area is 154 Å². The lowest BCUT2D eigenvalue weighted by Crippen LogP contribution is -2.32. The van der Waals surface area contributed by atoms with Crippen molar-refractivity contribution in [2.75, 3.05) is 19.0 Å². The minimum atomic E-state index is -4.71. The van der Waals surface area contributed by atoms with Crippen LogP contribution >= 0.6 is 27.5 Å². The Bertz CT molecular complexity index is 833. The number of allylic oxidation sites excluding steroid dienone is 1. The Balaban J connectivity index is 2.45. The van der Waals surface area contributed by atoms with E-state index in [0.29, 0.717) is 16.3 Å². The minimum Gasteiger partial charge on any atom is -0.373 e. The van der Waals surface area contributed by atoms with Crippen LogP contribution in [0.25, 0.3) is 10.1 Å². The summed E-state index contributed by atoms with van der Waals surface area (Å²) in [7, 11) is 2.34. The van der Waals surface area contributed by atoms with Crippen LogP contribution in [0.4, 0.5) is 18.9 Å². The first-order valence-corrected chi connectivity index (χ1v) is 8.77. The van der Waals surface area contributed by atoms with E-state index in [0.717, 1.165) is 20.7 Å². The van der Waals surface area contributed by atoms with Crippen LogP contribution in [0.5, 0.6) is 0 Å². The Kier molecular flexibility index (Phi) is 5.83. The fraction of sp³-hybridized carbons (Fsp3) is 0.267. The first kappa shape index (κ1) is 19.4. The molecular weight excluding hydrogens is 423 g/mol. The standard InChI is InChI=1S/C15H13BrF3N3O2S/c1-21(2)13(15(17,18)19)6-14(24)22(8-23)9-3-4-12-10(5-9)11(7-16)20-25-12/h3-6,8H,7H2,1-2H3/b13-6-. The van der Waals surface area contributed by atoms with E-state index in [1.165, 1.54) is 31.7 Å². The highest BCUT2D eigenvalue weighted by atomic mass is 79.9. The van der Waals surface area contributed by atoms with Gasteiger partial charge < -0.3 is 4.90 Å². The second-order valence-corrected chi connectivity index (χ2v) is 6.54. The maximum Gasteiger partial charge on any atom is 0.431 e. The first-order valence-electron chi connectivity index (χ1n) is 6.88. The van der Waals surface area contributed by atoms with Crippen LogP contribution in [-0.2, 0) is 14.9 Å². The molecule has 0 saturated carbocycles. The average Bonchev–Trinajstić information content (AvgIpc) is 2.94. The van der Waals surface area contributed by atoms with Gasteiger partial charge in [-0.25, -0.2) is 4.90 Å². The van der Waals surface area contributed by atoms with Crippen molar-refractivity contribution >= 4 is 55.6 Å². The highest BCUT2D eigenvalue weighted by molar-refractivity contribution is 9.08. The molecule has 2 rings (SSSR count). The smallest absolute Gasteiger partial charge is 0.373 e. The highest BCUT2D eigenvalue weighted by Gasteiger charge is 2.36. The fourth-order valence-electron chi connectivity index (χ4n) is 2.11. The van der Waals surface area contributed by atoms with Gasteiger partial charge in [0.15, 0.2) is 0 Å². The molecular formula is C15H13BrF3N3O2S. The van der Waals surface area contributed by atoms with Crippen molar-refractivity contribution in [3.05, 3.63) is 35.7 Å². The van der Waals surface area contributed by atoms with Crippen LogP contribution in [0.2, 0.25) is 0 Å². The molecule has 0 saturated heterocycles. The molecule has 0 spiro atoms. The van der Waals surface area contributed by atoms with E-state index in [2.05, 4.69) is 20.3 Å². The average molecular weight is 436 g/mol. The number of halogens is 4. The number of rotatable bonds is 5. The van der Waals surface area contributed by atoms with Crippen LogP contribution in [0.1, 0.15) is 5.69 Å². The zero-order valence-electron chi connectivity index (χ0n) is 13.2. The number of amides is 2. The van der Waals surface area contributed by atoms with Crippen molar-refractivity contribution in [3.8, 4) is 0 Å². The molecule has 10 heteroatoms. The lowest BCUT2D eigenvalue weighted by Gasteiger charge is -2.21. The van der Waals surface area contributed by atoms with Gasteiger partial charge in [-0.15, -0.1) is 0 Å². The molecule has 0 unspecified atom stereocenters. The molecule has 2 aromatic rings. The molecule has 1 heterocycles. The van der Waals surface area contributed by atoms with Gasteiger partial charge >= 0.3 is 6.18 Å². The van der Waals surface area contributed by atoms with Gasteiger partial charge in [0.2, 0.25) is 6.41 Å². The minimum absolute atomic E-state index is 0.173. The Morgan fingerprint density at radius 3 is 2.56 bits per heavy atom. The molecule has 2 amide bonds. The second kappa shape index (κ2) is 7.52. The topological polar surface area (TPSA) is 53.5 Å². The number of anilines is 1. The predicted molar refractivity (Wildman–Crippen MR) is 93.6 cm³/mol. The first-order chi connectivity index (χ1) is 11.7. The van der Waals surface area contributed by atoms with E-state index >= 15 is 0 Å². The SMILES string of the molecule is CN(C)/C(=C\C(=O)N(C=O)c1ccc2snc(CBr)c2c1)C(F)(F)F. The van der Waals surface area contributed by atoms with Gasteiger partial charge in [-0.1, -0.05) is 15.9 Å². The molecule has 25 heavy (non-hydrogen) atoms. The van der Waals surface area contributed by atoms with Crippen molar-refractivity contribution in [1.29, 1.82) is 0 Å². The van der Waals surface area contributed by atoms with Crippen LogP contribution in [-0.4, -0.2) is 41.9 Å². The lowest BCUT2D eigenvalue weighted by molar-refractivity contribution is -0.121. The van der Waals surface area contributed by atoms with Crippen molar-refractivity contribution in [3.63, 3.8) is 0 Å². The van der Waals surface area contributed by atoms with Crippen LogP contribution in [0, 0.1) is 0 Å². The summed E-state index contributed by atoms with van der Waals surface area (Å²) < 4.78 is 44.0. The Morgan fingerprint density at radius 1 is 1.36 bits per heavy atom. The summed E-state index contributed by atoms with van der Waals surface area (Å²) >= 11 is 4.54. The molecule has 0 aliphatic heterocycles. The normalized spacial score (nSPS) is 12.3. The van der Waals surface area contributed by atoms with Crippen LogP contribution in [0.3, 0.4) is 0 Å². The molecule has 1 aromatic carbocycles. The zero-order valence-corrected chi connectivity index (χ0v) is 15.6. The number of nitrogens with zero attached hydrogens (tertiary/aromatic N) is 3. The van der Waals surface area contributed by atoms with Crippen molar-refractivity contribution in [1.82, 2.24) is 9.27 Å². The zero-order chi connectivity index (χ0) is 18.8. The number of aromatic nitrogens is 1. The van der Waals surface area contributed by atoms with Gasteiger partial charge in [-0.2, -0.15) is 17.5 Å². The van der Waals surface area contributed by atoms with Gasteiger partial charge in [0.05, 0.1) is 16.1 Å². The largest absolute Gasteiger partial charge is 0.431 e. The van der Waals surface area contributed by atoms with Crippen molar-refractivity contribution < 1.29 is 22.8 Å². The Morgan fingerprint density at radius 2 is 2.04 bits per heavy atom. The van der Waals surface area contributed by atoms with Gasteiger partial charge in [-0.3, -0.25) is 9.59 Å². The van der Waals surface area contributed by atoms with E-state index in [-0.39, 0.29) is 12.1 Å². The highest BCUT2D eigenvalue weighted by Crippen LogP contribution is 2.30. The summed E-state index contributed by atoms with van der Waals surface area (Å²) in [5, 5.41) is 1.20. The lowest BCUT2D eigenvalue weighted by atomic mass is 10.2. The summed E-state index contributed by atoms with van der Waals surface area (Å²) in [5.74, 6) is -1.08. The molecule has 134 valence electrons. The number of hydrogen-bond donors (Lipinski definition) is 0. The predicted octanol–water partition coefficient (Wildman–Crippen LogP) is 3.69. The number of fused-ring (bicyclic) bond motifs is 1. The van der Waals surface area contributed by atoms with Gasteiger partial charge in [-0.05, 0) is 29.7 Å².